The summed E-state index contributed by atoms with van der Waals surface area (Å²) in [5.74, 6) is -0.296. The topological polar surface area (TPSA) is 47.6 Å². The molecule has 0 saturated carbocycles. The minimum Gasteiger partial charge on any atom is -0.475 e. The molecule has 0 amide bonds. The fraction of sp³-hybridized carbons (Fsp3) is 0.188. The maximum absolute atomic E-state index is 13.4. The zero-order chi connectivity index (χ0) is 14.7. The summed E-state index contributed by atoms with van der Waals surface area (Å²) in [4.78, 5) is 12.0. The normalized spacial score (nSPS) is 16.3. The predicted octanol–water partition coefficient (Wildman–Crippen LogP) is 2.74. The lowest BCUT2D eigenvalue weighted by atomic mass is 10.2. The van der Waals surface area contributed by atoms with Gasteiger partial charge in [0.1, 0.15) is 18.2 Å². The molecule has 3 rings (SSSR count). The van der Waals surface area contributed by atoms with E-state index in [2.05, 4.69) is 5.32 Å². The Morgan fingerprint density at radius 2 is 2.00 bits per heavy atom. The standard InChI is InChI=1S/C16H14FNO3/c17-12-6-2-1-5-11(12)10-20-16(19)15-9-18-13-7-3-4-8-14(13)21-15/h1-8,15,18H,9-10H2. The van der Waals surface area contributed by atoms with Crippen LogP contribution in [-0.2, 0) is 16.1 Å². The Morgan fingerprint density at radius 3 is 2.86 bits per heavy atom. The van der Waals surface area contributed by atoms with Crippen molar-refractivity contribution in [3.8, 4) is 5.75 Å². The second-order valence-electron chi connectivity index (χ2n) is 4.68. The molecule has 0 aromatic heterocycles. The van der Waals surface area contributed by atoms with E-state index in [1.165, 1.54) is 6.07 Å². The highest BCUT2D eigenvalue weighted by Crippen LogP contribution is 2.28. The molecule has 1 heterocycles. The van der Waals surface area contributed by atoms with Crippen molar-refractivity contribution >= 4 is 11.7 Å². The lowest BCUT2D eigenvalue weighted by Gasteiger charge is -2.25. The van der Waals surface area contributed by atoms with E-state index >= 15 is 0 Å². The maximum atomic E-state index is 13.4. The summed E-state index contributed by atoms with van der Waals surface area (Å²) in [5, 5.41) is 3.10. The zero-order valence-electron chi connectivity index (χ0n) is 11.2. The molecule has 108 valence electrons. The first-order chi connectivity index (χ1) is 10.2. The van der Waals surface area contributed by atoms with Crippen LogP contribution in [0.5, 0.6) is 5.75 Å². The Balaban J connectivity index is 1.61. The van der Waals surface area contributed by atoms with Crippen molar-refractivity contribution in [1.29, 1.82) is 0 Å². The summed E-state index contributed by atoms with van der Waals surface area (Å²) in [5.41, 5.74) is 1.19. The van der Waals surface area contributed by atoms with Gasteiger partial charge in [-0.05, 0) is 18.2 Å². The third-order valence-corrected chi connectivity index (χ3v) is 3.22. The number of nitrogens with one attached hydrogen (secondary N) is 1. The molecule has 0 bridgehead atoms. The minimum absolute atomic E-state index is 0.104. The van der Waals surface area contributed by atoms with E-state index in [0.717, 1.165) is 5.69 Å². The molecule has 1 atom stereocenters. The quantitative estimate of drug-likeness (QED) is 0.882. The van der Waals surface area contributed by atoms with Gasteiger partial charge >= 0.3 is 5.97 Å². The first-order valence-corrected chi connectivity index (χ1v) is 6.63. The molecule has 1 aliphatic heterocycles. The van der Waals surface area contributed by atoms with Gasteiger partial charge in [0, 0.05) is 5.56 Å². The second-order valence-corrected chi connectivity index (χ2v) is 4.68. The summed E-state index contributed by atoms with van der Waals surface area (Å²) in [6, 6.07) is 13.6. The van der Waals surface area contributed by atoms with Gasteiger partial charge in [-0.1, -0.05) is 30.3 Å². The number of carbonyl (C=O) groups is 1. The molecule has 0 fully saturated rings. The van der Waals surface area contributed by atoms with Crippen molar-refractivity contribution in [3.63, 3.8) is 0 Å². The molecular formula is C16H14FNO3. The SMILES string of the molecule is O=C(OCc1ccccc1F)C1CNc2ccccc2O1. The average Bonchev–Trinajstić information content (AvgIpc) is 2.53. The van der Waals surface area contributed by atoms with E-state index in [4.69, 9.17) is 9.47 Å². The van der Waals surface area contributed by atoms with Gasteiger partial charge in [-0.3, -0.25) is 0 Å². The lowest BCUT2D eigenvalue weighted by molar-refractivity contribution is -0.152. The van der Waals surface area contributed by atoms with Gasteiger partial charge < -0.3 is 14.8 Å². The van der Waals surface area contributed by atoms with Crippen LogP contribution in [0.2, 0.25) is 0 Å². The Morgan fingerprint density at radius 1 is 1.24 bits per heavy atom. The Bertz CT molecular complexity index is 659. The van der Waals surface area contributed by atoms with Gasteiger partial charge in [-0.2, -0.15) is 0 Å². The van der Waals surface area contributed by atoms with Gasteiger partial charge in [0.05, 0.1) is 12.2 Å². The van der Waals surface area contributed by atoms with Crippen molar-refractivity contribution in [2.24, 2.45) is 0 Å². The average molecular weight is 287 g/mol. The summed E-state index contributed by atoms with van der Waals surface area (Å²) < 4.78 is 24.1. The molecule has 1 unspecified atom stereocenters. The number of carbonyl (C=O) groups excluding carboxylic acids is 1. The second kappa shape index (κ2) is 5.83. The smallest absolute Gasteiger partial charge is 0.349 e. The van der Waals surface area contributed by atoms with Gasteiger partial charge in [0.2, 0.25) is 6.10 Å². The fourth-order valence-corrected chi connectivity index (χ4v) is 2.10. The Hall–Kier alpha value is -2.56. The first-order valence-electron chi connectivity index (χ1n) is 6.63. The molecule has 4 nitrogen and oxygen atoms in total. The fourth-order valence-electron chi connectivity index (χ4n) is 2.10. The van der Waals surface area contributed by atoms with E-state index in [1.54, 1.807) is 24.3 Å². The largest absolute Gasteiger partial charge is 0.475 e. The van der Waals surface area contributed by atoms with Crippen molar-refractivity contribution < 1.29 is 18.7 Å². The zero-order valence-corrected chi connectivity index (χ0v) is 11.2. The Labute approximate surface area is 121 Å². The number of anilines is 1. The van der Waals surface area contributed by atoms with Crippen molar-refractivity contribution in [3.05, 3.63) is 59.9 Å². The maximum Gasteiger partial charge on any atom is 0.349 e. The molecule has 1 aliphatic rings. The van der Waals surface area contributed by atoms with Crippen molar-refractivity contribution in [1.82, 2.24) is 0 Å². The molecule has 0 saturated heterocycles. The van der Waals surface area contributed by atoms with E-state index in [0.29, 0.717) is 17.9 Å². The third kappa shape index (κ3) is 2.97. The van der Waals surface area contributed by atoms with Crippen LogP contribution >= 0.6 is 0 Å². The van der Waals surface area contributed by atoms with Gasteiger partial charge in [0.25, 0.3) is 0 Å². The van der Waals surface area contributed by atoms with E-state index in [-0.39, 0.29) is 6.61 Å². The highest BCUT2D eigenvalue weighted by atomic mass is 19.1. The highest BCUT2D eigenvalue weighted by Gasteiger charge is 2.27. The number of hydrogen-bond donors (Lipinski definition) is 1. The molecule has 2 aromatic carbocycles. The van der Waals surface area contributed by atoms with Crippen LogP contribution in [0.1, 0.15) is 5.56 Å². The van der Waals surface area contributed by atoms with Gasteiger partial charge in [-0.15, -0.1) is 0 Å². The van der Waals surface area contributed by atoms with Crippen LogP contribution < -0.4 is 10.1 Å². The number of hydrogen-bond acceptors (Lipinski definition) is 4. The molecule has 5 heteroatoms. The predicted molar refractivity (Wildman–Crippen MR) is 75.5 cm³/mol. The number of fused-ring (bicyclic) bond motifs is 1. The van der Waals surface area contributed by atoms with Crippen molar-refractivity contribution in [2.75, 3.05) is 11.9 Å². The molecular weight excluding hydrogens is 273 g/mol. The van der Waals surface area contributed by atoms with E-state index < -0.39 is 17.9 Å². The lowest BCUT2D eigenvalue weighted by Crippen LogP contribution is -2.38. The monoisotopic (exact) mass is 287 g/mol. The van der Waals surface area contributed by atoms with Crippen molar-refractivity contribution in [2.45, 2.75) is 12.7 Å². The molecule has 21 heavy (non-hydrogen) atoms. The van der Waals surface area contributed by atoms with Gasteiger partial charge in [-0.25, -0.2) is 9.18 Å². The molecule has 0 spiro atoms. The highest BCUT2D eigenvalue weighted by molar-refractivity contribution is 5.77. The van der Waals surface area contributed by atoms with Crippen LogP contribution in [0.25, 0.3) is 0 Å². The van der Waals surface area contributed by atoms with Crippen LogP contribution in [-0.4, -0.2) is 18.6 Å². The van der Waals surface area contributed by atoms with Crippen LogP contribution in [0.3, 0.4) is 0 Å². The van der Waals surface area contributed by atoms with E-state index in [1.807, 2.05) is 18.2 Å². The number of rotatable bonds is 3. The number of para-hydroxylation sites is 2. The summed E-state index contributed by atoms with van der Waals surface area (Å²) >= 11 is 0. The number of halogens is 1. The third-order valence-electron chi connectivity index (χ3n) is 3.22. The number of esters is 1. The number of ether oxygens (including phenoxy) is 2. The van der Waals surface area contributed by atoms with Crippen LogP contribution in [0.4, 0.5) is 10.1 Å². The molecule has 0 aliphatic carbocycles. The minimum atomic E-state index is -0.730. The van der Waals surface area contributed by atoms with Gasteiger partial charge in [0.15, 0.2) is 0 Å². The first kappa shape index (κ1) is 13.4. The van der Waals surface area contributed by atoms with Crippen LogP contribution in [0, 0.1) is 5.82 Å². The van der Waals surface area contributed by atoms with E-state index in [9.17, 15) is 9.18 Å². The summed E-state index contributed by atoms with van der Waals surface area (Å²) in [7, 11) is 0. The molecule has 0 radical (unpaired) electrons. The molecule has 2 aromatic rings. The Kier molecular flexibility index (Phi) is 3.73. The number of benzene rings is 2. The summed E-state index contributed by atoms with van der Waals surface area (Å²) in [6.45, 7) is 0.222. The molecule has 1 N–H and O–H groups in total. The summed E-state index contributed by atoms with van der Waals surface area (Å²) in [6.07, 6.45) is -0.730. The van der Waals surface area contributed by atoms with Crippen LogP contribution in [0.15, 0.2) is 48.5 Å².